The van der Waals surface area contributed by atoms with Crippen LogP contribution in [0.1, 0.15) is 5.56 Å². The molecule has 0 aliphatic heterocycles. The van der Waals surface area contributed by atoms with Crippen molar-refractivity contribution in [2.45, 2.75) is 11.9 Å². The molecule has 5 heteroatoms. The minimum Gasteiger partial charge on any atom is -0.455 e. The Morgan fingerprint density at radius 1 is 1.04 bits per heavy atom. The summed E-state index contributed by atoms with van der Waals surface area (Å²) in [6.45, 7) is 2.03. The highest BCUT2D eigenvalue weighted by Gasteiger charge is 2.09. The van der Waals surface area contributed by atoms with Crippen LogP contribution < -0.4 is 10.1 Å². The van der Waals surface area contributed by atoms with Crippen LogP contribution >= 0.6 is 11.8 Å². The number of nitrogens with one attached hydrogen (secondary N) is 1. The molecule has 1 amide bonds. The average molecular weight is 350 g/mol. The SMILES string of the molecule is Cc1ccc(Oc2ccccc2NC(=O)CSc2ccccn2)cc1. The van der Waals surface area contributed by atoms with Crippen LogP contribution in [0.15, 0.2) is 78.0 Å². The highest BCUT2D eigenvalue weighted by Crippen LogP contribution is 2.29. The Bertz CT molecular complexity index is 836. The number of thioether (sulfide) groups is 1. The van der Waals surface area contributed by atoms with E-state index in [0.717, 1.165) is 10.8 Å². The van der Waals surface area contributed by atoms with E-state index in [2.05, 4.69) is 10.3 Å². The molecule has 3 rings (SSSR count). The fraction of sp³-hybridized carbons (Fsp3) is 0.100. The molecule has 1 aromatic heterocycles. The monoisotopic (exact) mass is 350 g/mol. The normalized spacial score (nSPS) is 10.3. The third kappa shape index (κ3) is 5.09. The first-order valence-corrected chi connectivity index (χ1v) is 8.86. The smallest absolute Gasteiger partial charge is 0.234 e. The van der Waals surface area contributed by atoms with Crippen molar-refractivity contribution in [2.24, 2.45) is 0 Å². The summed E-state index contributed by atoms with van der Waals surface area (Å²) in [4.78, 5) is 16.4. The number of anilines is 1. The van der Waals surface area contributed by atoms with E-state index in [-0.39, 0.29) is 11.7 Å². The zero-order valence-electron chi connectivity index (χ0n) is 13.8. The molecule has 1 heterocycles. The number of hydrogen-bond donors (Lipinski definition) is 1. The molecular formula is C20H18N2O2S. The number of aryl methyl sites for hydroxylation is 1. The van der Waals surface area contributed by atoms with Crippen molar-refractivity contribution < 1.29 is 9.53 Å². The zero-order chi connectivity index (χ0) is 17.5. The maximum absolute atomic E-state index is 12.2. The van der Waals surface area contributed by atoms with Gasteiger partial charge in [0, 0.05) is 6.20 Å². The van der Waals surface area contributed by atoms with Crippen molar-refractivity contribution >= 4 is 23.4 Å². The second-order valence-corrected chi connectivity index (χ2v) is 6.41. The molecule has 25 heavy (non-hydrogen) atoms. The van der Waals surface area contributed by atoms with Gasteiger partial charge in [0.1, 0.15) is 5.75 Å². The minimum absolute atomic E-state index is 0.101. The summed E-state index contributed by atoms with van der Waals surface area (Å²) in [5.41, 5.74) is 1.81. The van der Waals surface area contributed by atoms with Crippen LogP contribution in [0.5, 0.6) is 11.5 Å². The molecule has 0 saturated heterocycles. The molecular weight excluding hydrogens is 332 g/mol. The Balaban J connectivity index is 1.64. The Kier molecular flexibility index (Phi) is 5.69. The highest BCUT2D eigenvalue weighted by atomic mass is 32.2. The Morgan fingerprint density at radius 3 is 2.56 bits per heavy atom. The van der Waals surface area contributed by atoms with Crippen molar-refractivity contribution in [3.8, 4) is 11.5 Å². The summed E-state index contributed by atoms with van der Waals surface area (Å²) >= 11 is 1.40. The second-order valence-electron chi connectivity index (χ2n) is 5.42. The predicted octanol–water partition coefficient (Wildman–Crippen LogP) is 4.91. The number of para-hydroxylation sites is 2. The van der Waals surface area contributed by atoms with Gasteiger partial charge in [0.05, 0.1) is 16.5 Å². The van der Waals surface area contributed by atoms with Crippen LogP contribution in [0.2, 0.25) is 0 Å². The minimum atomic E-state index is -0.101. The number of benzene rings is 2. The van der Waals surface area contributed by atoms with E-state index in [4.69, 9.17) is 4.74 Å². The first-order chi connectivity index (χ1) is 12.2. The van der Waals surface area contributed by atoms with E-state index < -0.39 is 0 Å². The number of ether oxygens (including phenoxy) is 1. The van der Waals surface area contributed by atoms with E-state index >= 15 is 0 Å². The molecule has 0 aliphatic rings. The lowest BCUT2D eigenvalue weighted by Crippen LogP contribution is -2.14. The highest BCUT2D eigenvalue weighted by molar-refractivity contribution is 7.99. The molecule has 4 nitrogen and oxygen atoms in total. The topological polar surface area (TPSA) is 51.2 Å². The summed E-state index contributed by atoms with van der Waals surface area (Å²) in [6.07, 6.45) is 1.71. The Hall–Kier alpha value is -2.79. The molecule has 0 bridgehead atoms. The molecule has 126 valence electrons. The summed E-state index contributed by atoms with van der Waals surface area (Å²) in [7, 11) is 0. The largest absolute Gasteiger partial charge is 0.455 e. The summed E-state index contributed by atoms with van der Waals surface area (Å²) in [5, 5.41) is 3.72. The van der Waals surface area contributed by atoms with E-state index in [9.17, 15) is 4.79 Å². The lowest BCUT2D eigenvalue weighted by atomic mass is 10.2. The average Bonchev–Trinajstić information content (AvgIpc) is 2.64. The summed E-state index contributed by atoms with van der Waals surface area (Å²) < 4.78 is 5.89. The van der Waals surface area contributed by atoms with Gasteiger partial charge in [-0.05, 0) is 43.3 Å². The van der Waals surface area contributed by atoms with E-state index in [1.54, 1.807) is 6.20 Å². The molecule has 0 unspecified atom stereocenters. The Morgan fingerprint density at radius 2 is 1.80 bits per heavy atom. The van der Waals surface area contributed by atoms with Crippen LogP contribution in [0.4, 0.5) is 5.69 Å². The van der Waals surface area contributed by atoms with Crippen molar-refractivity contribution in [1.82, 2.24) is 4.98 Å². The fourth-order valence-corrected chi connectivity index (χ4v) is 2.81. The molecule has 3 aromatic rings. The van der Waals surface area contributed by atoms with Gasteiger partial charge < -0.3 is 10.1 Å². The van der Waals surface area contributed by atoms with Gasteiger partial charge in [-0.3, -0.25) is 4.79 Å². The van der Waals surface area contributed by atoms with Crippen molar-refractivity contribution in [3.05, 3.63) is 78.5 Å². The van der Waals surface area contributed by atoms with Gasteiger partial charge in [-0.15, -0.1) is 0 Å². The van der Waals surface area contributed by atoms with Crippen molar-refractivity contribution in [2.75, 3.05) is 11.1 Å². The Labute approximate surface area is 151 Å². The zero-order valence-corrected chi connectivity index (χ0v) is 14.6. The van der Waals surface area contributed by atoms with Crippen LogP contribution in [-0.4, -0.2) is 16.6 Å². The van der Waals surface area contributed by atoms with E-state index in [1.807, 2.05) is 73.7 Å². The number of nitrogens with zero attached hydrogens (tertiary/aromatic N) is 1. The third-order valence-electron chi connectivity index (χ3n) is 3.40. The second kappa shape index (κ2) is 8.35. The number of rotatable bonds is 6. The van der Waals surface area contributed by atoms with E-state index in [0.29, 0.717) is 11.4 Å². The van der Waals surface area contributed by atoms with Crippen LogP contribution in [-0.2, 0) is 4.79 Å². The first-order valence-electron chi connectivity index (χ1n) is 7.88. The maximum Gasteiger partial charge on any atom is 0.234 e. The number of pyridine rings is 1. The lowest BCUT2D eigenvalue weighted by molar-refractivity contribution is -0.113. The van der Waals surface area contributed by atoms with Gasteiger partial charge in [-0.1, -0.05) is 47.7 Å². The molecule has 2 aromatic carbocycles. The van der Waals surface area contributed by atoms with Gasteiger partial charge in [0.15, 0.2) is 5.75 Å². The van der Waals surface area contributed by atoms with Gasteiger partial charge in [-0.25, -0.2) is 4.98 Å². The quantitative estimate of drug-likeness (QED) is 0.642. The van der Waals surface area contributed by atoms with Crippen molar-refractivity contribution in [3.63, 3.8) is 0 Å². The molecule has 1 N–H and O–H groups in total. The predicted molar refractivity (Wildman–Crippen MR) is 101 cm³/mol. The molecule has 0 fully saturated rings. The van der Waals surface area contributed by atoms with Gasteiger partial charge in [0.2, 0.25) is 5.91 Å². The van der Waals surface area contributed by atoms with Gasteiger partial charge >= 0.3 is 0 Å². The number of carbonyl (C=O) groups excluding carboxylic acids is 1. The summed E-state index contributed by atoms with van der Waals surface area (Å²) in [6, 6.07) is 20.8. The molecule has 0 spiro atoms. The molecule has 0 atom stereocenters. The fourth-order valence-electron chi connectivity index (χ4n) is 2.15. The third-order valence-corrected chi connectivity index (χ3v) is 4.34. The number of amides is 1. The lowest BCUT2D eigenvalue weighted by Gasteiger charge is -2.12. The molecule has 0 radical (unpaired) electrons. The van der Waals surface area contributed by atoms with Crippen LogP contribution in [0, 0.1) is 6.92 Å². The maximum atomic E-state index is 12.2. The number of carbonyl (C=O) groups is 1. The van der Waals surface area contributed by atoms with E-state index in [1.165, 1.54) is 17.3 Å². The van der Waals surface area contributed by atoms with Crippen LogP contribution in [0.25, 0.3) is 0 Å². The standard InChI is InChI=1S/C20H18N2O2S/c1-15-9-11-16(12-10-15)24-18-7-3-2-6-17(18)22-19(23)14-25-20-8-4-5-13-21-20/h2-13H,14H2,1H3,(H,22,23). The van der Waals surface area contributed by atoms with Gasteiger partial charge in [-0.2, -0.15) is 0 Å². The molecule has 0 saturated carbocycles. The number of hydrogen-bond acceptors (Lipinski definition) is 4. The molecule has 0 aliphatic carbocycles. The van der Waals surface area contributed by atoms with Gasteiger partial charge in [0.25, 0.3) is 0 Å². The van der Waals surface area contributed by atoms with Crippen molar-refractivity contribution in [1.29, 1.82) is 0 Å². The van der Waals surface area contributed by atoms with Crippen LogP contribution in [0.3, 0.4) is 0 Å². The number of aromatic nitrogens is 1. The first kappa shape index (κ1) is 17.0. The summed E-state index contributed by atoms with van der Waals surface area (Å²) in [5.74, 6) is 1.53.